The highest BCUT2D eigenvalue weighted by atomic mass is 16.5. The third-order valence-electron chi connectivity index (χ3n) is 2.23. The Kier molecular flexibility index (Phi) is 4.39. The fourth-order valence-electron chi connectivity index (χ4n) is 1.32. The van der Waals surface area contributed by atoms with E-state index in [2.05, 4.69) is 20.0 Å². The molecule has 2 N–H and O–H groups in total. The lowest BCUT2D eigenvalue weighted by molar-refractivity contribution is 0.0593. The van der Waals surface area contributed by atoms with Gasteiger partial charge in [0.1, 0.15) is 5.82 Å². The number of nitrogens with one attached hydrogen (secondary N) is 1. The Morgan fingerprint density at radius 3 is 2.82 bits per heavy atom. The number of methoxy groups -OCH3 is 1. The molecule has 0 amide bonds. The van der Waals surface area contributed by atoms with Gasteiger partial charge in [0, 0.05) is 12.1 Å². The van der Waals surface area contributed by atoms with Crippen LogP contribution in [0, 0.1) is 0 Å². The maximum Gasteiger partial charge on any atom is 0.358 e. The summed E-state index contributed by atoms with van der Waals surface area (Å²) in [5, 5.41) is 12.0. The molecule has 1 aromatic rings. The molecule has 1 rings (SSSR count). The van der Waals surface area contributed by atoms with Crippen LogP contribution < -0.4 is 5.32 Å². The molecule has 0 aliphatic rings. The highest BCUT2D eigenvalue weighted by Gasteiger charge is 2.18. The molecular formula is C11H17N3O3. The van der Waals surface area contributed by atoms with Gasteiger partial charge < -0.3 is 15.2 Å². The number of nitrogens with zero attached hydrogens (tertiary/aromatic N) is 2. The fourth-order valence-corrected chi connectivity index (χ4v) is 1.32. The summed E-state index contributed by atoms with van der Waals surface area (Å²) in [4.78, 5) is 19.3. The third-order valence-corrected chi connectivity index (χ3v) is 2.23. The normalized spacial score (nSPS) is 11.1. The van der Waals surface area contributed by atoms with Gasteiger partial charge in [0.15, 0.2) is 5.69 Å². The molecule has 1 heterocycles. The third kappa shape index (κ3) is 3.99. The van der Waals surface area contributed by atoms with E-state index in [1.807, 2.05) is 13.8 Å². The summed E-state index contributed by atoms with van der Waals surface area (Å²) in [5.74, 6) is -0.0486. The molecular weight excluding hydrogens is 222 g/mol. The second kappa shape index (κ2) is 5.58. The van der Waals surface area contributed by atoms with Gasteiger partial charge in [-0.25, -0.2) is 9.78 Å². The Balaban J connectivity index is 2.82. The number of aromatic nitrogens is 2. The zero-order valence-electron chi connectivity index (χ0n) is 10.2. The summed E-state index contributed by atoms with van der Waals surface area (Å²) in [6.07, 6.45) is 3.43. The van der Waals surface area contributed by atoms with Gasteiger partial charge in [-0.2, -0.15) is 0 Å². The van der Waals surface area contributed by atoms with Crippen molar-refractivity contribution in [1.29, 1.82) is 0 Å². The van der Waals surface area contributed by atoms with Gasteiger partial charge in [0.05, 0.1) is 19.5 Å². The molecule has 0 unspecified atom stereocenters. The zero-order chi connectivity index (χ0) is 12.9. The fraction of sp³-hybridized carbons (Fsp3) is 0.545. The highest BCUT2D eigenvalue weighted by Crippen LogP contribution is 2.15. The first kappa shape index (κ1) is 13.4. The topological polar surface area (TPSA) is 84.3 Å². The Hall–Kier alpha value is -1.69. The van der Waals surface area contributed by atoms with Crippen molar-refractivity contribution in [2.45, 2.75) is 25.8 Å². The van der Waals surface area contributed by atoms with Crippen LogP contribution in [0.25, 0.3) is 0 Å². The molecule has 94 valence electrons. The summed E-state index contributed by atoms with van der Waals surface area (Å²) >= 11 is 0. The largest absolute Gasteiger partial charge is 0.464 e. The minimum Gasteiger partial charge on any atom is -0.464 e. The van der Waals surface area contributed by atoms with Crippen LogP contribution in [0.2, 0.25) is 0 Å². The maximum absolute atomic E-state index is 11.3. The van der Waals surface area contributed by atoms with E-state index in [4.69, 9.17) is 5.11 Å². The van der Waals surface area contributed by atoms with Crippen LogP contribution in [0.5, 0.6) is 0 Å². The van der Waals surface area contributed by atoms with E-state index in [0.717, 1.165) is 0 Å². The number of hydrogen-bond acceptors (Lipinski definition) is 6. The Morgan fingerprint density at radius 2 is 2.24 bits per heavy atom. The summed E-state index contributed by atoms with van der Waals surface area (Å²) in [5.41, 5.74) is -0.171. The van der Waals surface area contributed by atoms with E-state index in [-0.39, 0.29) is 17.8 Å². The first-order valence-electron chi connectivity index (χ1n) is 5.28. The van der Waals surface area contributed by atoms with Crippen molar-refractivity contribution in [3.05, 3.63) is 18.1 Å². The molecule has 0 aliphatic carbocycles. The van der Waals surface area contributed by atoms with E-state index in [9.17, 15) is 4.79 Å². The highest BCUT2D eigenvalue weighted by molar-refractivity contribution is 5.87. The number of ether oxygens (including phenoxy) is 1. The van der Waals surface area contributed by atoms with E-state index in [1.165, 1.54) is 19.5 Å². The number of aliphatic hydroxyl groups is 1. The zero-order valence-corrected chi connectivity index (χ0v) is 10.2. The Morgan fingerprint density at radius 1 is 1.53 bits per heavy atom. The number of anilines is 1. The van der Waals surface area contributed by atoms with Crippen LogP contribution in [0.15, 0.2) is 12.4 Å². The number of rotatable bonds is 5. The van der Waals surface area contributed by atoms with Crippen LogP contribution >= 0.6 is 0 Å². The number of hydrogen-bond donors (Lipinski definition) is 2. The molecule has 1 aromatic heterocycles. The predicted molar refractivity (Wildman–Crippen MR) is 62.8 cm³/mol. The van der Waals surface area contributed by atoms with E-state index < -0.39 is 5.97 Å². The minimum atomic E-state index is -0.527. The summed E-state index contributed by atoms with van der Waals surface area (Å²) in [6, 6.07) is 0. The van der Waals surface area contributed by atoms with E-state index in [0.29, 0.717) is 12.2 Å². The molecule has 0 saturated heterocycles. The molecule has 0 radical (unpaired) electrons. The van der Waals surface area contributed by atoms with Crippen LogP contribution in [-0.2, 0) is 4.74 Å². The summed E-state index contributed by atoms with van der Waals surface area (Å²) in [7, 11) is 1.29. The molecule has 6 heteroatoms. The average molecular weight is 239 g/mol. The van der Waals surface area contributed by atoms with Gasteiger partial charge in [-0.15, -0.1) is 0 Å². The van der Waals surface area contributed by atoms with Crippen LogP contribution in [0.1, 0.15) is 30.8 Å². The lowest BCUT2D eigenvalue weighted by Crippen LogP contribution is -2.32. The molecule has 6 nitrogen and oxygen atoms in total. The van der Waals surface area contributed by atoms with Crippen molar-refractivity contribution in [3.8, 4) is 0 Å². The smallest absolute Gasteiger partial charge is 0.358 e. The Labute approximate surface area is 100 Å². The number of esters is 1. The molecule has 17 heavy (non-hydrogen) atoms. The second-order valence-electron chi connectivity index (χ2n) is 4.26. The number of aliphatic hydroxyl groups excluding tert-OH is 1. The van der Waals surface area contributed by atoms with Gasteiger partial charge in [-0.1, -0.05) is 0 Å². The molecule has 0 fully saturated rings. The molecule has 0 spiro atoms. The quantitative estimate of drug-likeness (QED) is 0.740. The molecule has 0 saturated carbocycles. The van der Waals surface area contributed by atoms with Gasteiger partial charge in [-0.05, 0) is 20.3 Å². The van der Waals surface area contributed by atoms with Gasteiger partial charge in [-0.3, -0.25) is 4.98 Å². The molecule has 0 bridgehead atoms. The van der Waals surface area contributed by atoms with Crippen molar-refractivity contribution in [2.24, 2.45) is 0 Å². The predicted octanol–water partition coefficient (Wildman–Crippen LogP) is 0.836. The monoisotopic (exact) mass is 239 g/mol. The second-order valence-corrected chi connectivity index (χ2v) is 4.26. The van der Waals surface area contributed by atoms with Crippen LogP contribution in [0.3, 0.4) is 0 Å². The molecule has 0 aromatic carbocycles. The minimum absolute atomic E-state index is 0.0735. The van der Waals surface area contributed by atoms with Gasteiger partial charge in [0.25, 0.3) is 0 Å². The van der Waals surface area contributed by atoms with Gasteiger partial charge in [0.2, 0.25) is 0 Å². The lowest BCUT2D eigenvalue weighted by Gasteiger charge is -2.25. The van der Waals surface area contributed by atoms with Crippen molar-refractivity contribution in [2.75, 3.05) is 19.0 Å². The van der Waals surface area contributed by atoms with Gasteiger partial charge >= 0.3 is 5.97 Å². The van der Waals surface area contributed by atoms with Crippen molar-refractivity contribution < 1.29 is 14.6 Å². The van der Waals surface area contributed by atoms with Crippen molar-refractivity contribution >= 4 is 11.8 Å². The molecule has 0 atom stereocenters. The maximum atomic E-state index is 11.3. The number of carbonyl (C=O) groups is 1. The standard InChI is InChI=1S/C11H17N3O3/c1-11(2,4-5-15)14-9-7-12-6-8(13-9)10(16)17-3/h6-7,15H,4-5H2,1-3H3,(H,13,14). The van der Waals surface area contributed by atoms with Crippen LogP contribution in [0.4, 0.5) is 5.82 Å². The first-order valence-corrected chi connectivity index (χ1v) is 5.28. The SMILES string of the molecule is COC(=O)c1cncc(NC(C)(C)CCO)n1. The van der Waals surface area contributed by atoms with E-state index >= 15 is 0 Å². The van der Waals surface area contributed by atoms with Crippen molar-refractivity contribution in [3.63, 3.8) is 0 Å². The summed E-state index contributed by atoms with van der Waals surface area (Å²) < 4.78 is 4.56. The van der Waals surface area contributed by atoms with E-state index in [1.54, 1.807) is 0 Å². The Bertz CT molecular complexity index is 393. The van der Waals surface area contributed by atoms with Crippen LogP contribution in [-0.4, -0.2) is 40.3 Å². The lowest BCUT2D eigenvalue weighted by atomic mass is 10.0. The molecule has 0 aliphatic heterocycles. The number of carbonyl (C=O) groups excluding carboxylic acids is 1. The van der Waals surface area contributed by atoms with Crippen molar-refractivity contribution in [1.82, 2.24) is 9.97 Å². The summed E-state index contributed by atoms with van der Waals surface area (Å²) in [6.45, 7) is 3.93. The first-order chi connectivity index (χ1) is 7.98. The average Bonchev–Trinajstić information content (AvgIpc) is 2.27.